The Morgan fingerprint density at radius 1 is 1.48 bits per heavy atom. The van der Waals surface area contributed by atoms with Crippen molar-refractivity contribution in [3.05, 3.63) is 34.1 Å². The zero-order valence-electron chi connectivity index (χ0n) is 11.2. The lowest BCUT2D eigenvalue weighted by atomic mass is 9.99. The van der Waals surface area contributed by atoms with E-state index in [1.165, 1.54) is 6.07 Å². The van der Waals surface area contributed by atoms with Gasteiger partial charge >= 0.3 is 0 Å². The van der Waals surface area contributed by atoms with Crippen molar-refractivity contribution >= 4 is 21.4 Å². The van der Waals surface area contributed by atoms with E-state index < -0.39 is 20.8 Å². The molecule has 7 nitrogen and oxygen atoms in total. The molecule has 2 rings (SSSR count). The Morgan fingerprint density at radius 2 is 2.19 bits per heavy atom. The molecule has 1 aromatic carbocycles. The third-order valence-electron chi connectivity index (χ3n) is 3.46. The number of rotatable bonds is 4. The number of nitrogens with two attached hydrogens (primary N) is 1. The maximum Gasteiger partial charge on any atom is 0.295 e. The van der Waals surface area contributed by atoms with Gasteiger partial charge in [0.1, 0.15) is 11.5 Å². The van der Waals surface area contributed by atoms with E-state index >= 15 is 0 Å². The highest BCUT2D eigenvalue weighted by Crippen LogP contribution is 2.32. The molecule has 0 radical (unpaired) electrons. The largest absolute Gasteiger partial charge is 0.366 e. The van der Waals surface area contributed by atoms with Gasteiger partial charge in [-0.2, -0.15) is 0 Å². The van der Waals surface area contributed by atoms with Crippen LogP contribution in [-0.4, -0.2) is 32.2 Å². The molecule has 0 saturated carbocycles. The van der Waals surface area contributed by atoms with Crippen LogP contribution in [0.15, 0.2) is 18.2 Å². The minimum Gasteiger partial charge on any atom is -0.366 e. The Bertz CT molecular complexity index is 650. The minimum absolute atomic E-state index is 0.154. The second-order valence-corrected chi connectivity index (χ2v) is 6.83. The smallest absolute Gasteiger partial charge is 0.295 e. The lowest BCUT2D eigenvalue weighted by Crippen LogP contribution is -2.39. The van der Waals surface area contributed by atoms with Crippen molar-refractivity contribution < 1.29 is 17.7 Å². The quantitative estimate of drug-likeness (QED) is 0.664. The molecule has 9 heteroatoms. The lowest BCUT2D eigenvalue weighted by molar-refractivity contribution is -0.384. The van der Waals surface area contributed by atoms with Crippen molar-refractivity contribution in [2.45, 2.75) is 12.8 Å². The zero-order chi connectivity index (χ0) is 15.6. The predicted octanol–water partition coefficient (Wildman–Crippen LogP) is 1.24. The van der Waals surface area contributed by atoms with Crippen molar-refractivity contribution in [3.63, 3.8) is 0 Å². The van der Waals surface area contributed by atoms with Crippen LogP contribution in [0.5, 0.6) is 0 Å². The Morgan fingerprint density at radius 3 is 2.81 bits per heavy atom. The molecule has 0 bridgehead atoms. The van der Waals surface area contributed by atoms with Gasteiger partial charge < -0.3 is 4.90 Å². The first-order chi connectivity index (χ1) is 9.76. The fourth-order valence-corrected chi connectivity index (χ4v) is 3.59. The van der Waals surface area contributed by atoms with Crippen LogP contribution in [0.1, 0.15) is 12.8 Å². The summed E-state index contributed by atoms with van der Waals surface area (Å²) in [5.41, 5.74) is -0.00762. The number of nitro benzene ring substituents is 1. The number of nitro groups is 1. The van der Waals surface area contributed by atoms with Gasteiger partial charge in [-0.1, -0.05) is 0 Å². The van der Waals surface area contributed by atoms with Gasteiger partial charge in [0.15, 0.2) is 0 Å². The van der Waals surface area contributed by atoms with Gasteiger partial charge in [0.05, 0.1) is 16.7 Å². The third-order valence-corrected chi connectivity index (χ3v) is 4.40. The molecule has 1 fully saturated rings. The Hall–Kier alpha value is -1.74. The van der Waals surface area contributed by atoms with Gasteiger partial charge in [-0.15, -0.1) is 0 Å². The standard InChI is InChI=1S/C12H16FN3O4S/c13-10-3-4-11(12(6-10)16(17)18)15-5-1-2-9(7-15)8-21(14,19)20/h3-4,6,9H,1-2,5,7-8H2,(H2,14,19,20)/t9-/m0/s1. The van der Waals surface area contributed by atoms with E-state index in [4.69, 9.17) is 5.14 Å². The summed E-state index contributed by atoms with van der Waals surface area (Å²) in [6.45, 7) is 0.913. The van der Waals surface area contributed by atoms with E-state index in [1.54, 1.807) is 4.90 Å². The maximum absolute atomic E-state index is 13.2. The van der Waals surface area contributed by atoms with Crippen molar-refractivity contribution in [2.75, 3.05) is 23.7 Å². The summed E-state index contributed by atoms with van der Waals surface area (Å²) in [7, 11) is -3.58. The van der Waals surface area contributed by atoms with E-state index in [1.807, 2.05) is 0 Å². The average Bonchev–Trinajstić information content (AvgIpc) is 2.36. The van der Waals surface area contributed by atoms with Crippen LogP contribution < -0.4 is 10.0 Å². The van der Waals surface area contributed by atoms with Gasteiger partial charge in [0.25, 0.3) is 5.69 Å². The molecule has 0 spiro atoms. The van der Waals surface area contributed by atoms with E-state index in [0.29, 0.717) is 31.6 Å². The van der Waals surface area contributed by atoms with Crippen LogP contribution in [0.25, 0.3) is 0 Å². The van der Waals surface area contributed by atoms with Gasteiger partial charge in [0.2, 0.25) is 10.0 Å². The molecule has 0 aromatic heterocycles. The third kappa shape index (κ3) is 4.11. The Labute approximate surface area is 121 Å². The zero-order valence-corrected chi connectivity index (χ0v) is 12.1. The summed E-state index contributed by atoms with van der Waals surface area (Å²) in [6, 6.07) is 3.39. The van der Waals surface area contributed by atoms with Crippen LogP contribution in [0.2, 0.25) is 0 Å². The van der Waals surface area contributed by atoms with Crippen LogP contribution in [-0.2, 0) is 10.0 Å². The first-order valence-electron chi connectivity index (χ1n) is 6.45. The molecule has 1 aliphatic heterocycles. The number of hydrogen-bond donors (Lipinski definition) is 1. The lowest BCUT2D eigenvalue weighted by Gasteiger charge is -2.33. The van der Waals surface area contributed by atoms with Crippen LogP contribution in [0.3, 0.4) is 0 Å². The minimum atomic E-state index is -3.58. The number of hydrogen-bond acceptors (Lipinski definition) is 5. The van der Waals surface area contributed by atoms with Crippen molar-refractivity contribution in [3.8, 4) is 0 Å². The first-order valence-corrected chi connectivity index (χ1v) is 8.17. The highest BCUT2D eigenvalue weighted by atomic mass is 32.2. The topological polar surface area (TPSA) is 107 Å². The molecule has 21 heavy (non-hydrogen) atoms. The summed E-state index contributed by atoms with van der Waals surface area (Å²) in [4.78, 5) is 12.1. The Kier molecular flexibility index (Phi) is 4.43. The molecule has 1 saturated heterocycles. The molecular weight excluding hydrogens is 301 g/mol. The van der Waals surface area contributed by atoms with Gasteiger partial charge in [-0.25, -0.2) is 17.9 Å². The second kappa shape index (κ2) is 5.94. The number of halogens is 1. The number of benzene rings is 1. The van der Waals surface area contributed by atoms with E-state index in [0.717, 1.165) is 12.1 Å². The summed E-state index contributed by atoms with van der Waals surface area (Å²) in [5, 5.41) is 16.1. The summed E-state index contributed by atoms with van der Waals surface area (Å²) in [6.07, 6.45) is 1.40. The number of nitrogens with zero attached hydrogens (tertiary/aromatic N) is 2. The monoisotopic (exact) mass is 317 g/mol. The SMILES string of the molecule is NS(=O)(=O)C[C@H]1CCCN(c2ccc(F)cc2[N+](=O)[O-])C1. The first kappa shape index (κ1) is 15.6. The Balaban J connectivity index is 2.24. The van der Waals surface area contributed by atoms with Crippen LogP contribution in [0.4, 0.5) is 15.8 Å². The van der Waals surface area contributed by atoms with E-state index in [9.17, 15) is 22.9 Å². The molecule has 2 N–H and O–H groups in total. The molecule has 1 aromatic rings. The van der Waals surface area contributed by atoms with Crippen LogP contribution in [0, 0.1) is 21.8 Å². The number of primary sulfonamides is 1. The number of sulfonamides is 1. The number of anilines is 1. The predicted molar refractivity (Wildman–Crippen MR) is 76.0 cm³/mol. The van der Waals surface area contributed by atoms with Crippen molar-refractivity contribution in [1.82, 2.24) is 0 Å². The molecular formula is C12H16FN3O4S. The average molecular weight is 317 g/mol. The fraction of sp³-hybridized carbons (Fsp3) is 0.500. The molecule has 1 aliphatic rings. The van der Waals surface area contributed by atoms with Crippen molar-refractivity contribution in [2.24, 2.45) is 11.1 Å². The summed E-state index contributed by atoms with van der Waals surface area (Å²) < 4.78 is 35.5. The van der Waals surface area contributed by atoms with Gasteiger partial charge in [0, 0.05) is 13.1 Å². The van der Waals surface area contributed by atoms with E-state index in [2.05, 4.69) is 0 Å². The van der Waals surface area contributed by atoms with E-state index in [-0.39, 0.29) is 17.4 Å². The van der Waals surface area contributed by atoms with Crippen molar-refractivity contribution in [1.29, 1.82) is 0 Å². The maximum atomic E-state index is 13.2. The summed E-state index contributed by atoms with van der Waals surface area (Å²) in [5.74, 6) is -1.01. The molecule has 1 heterocycles. The number of piperidine rings is 1. The van der Waals surface area contributed by atoms with Gasteiger partial charge in [-0.05, 0) is 30.9 Å². The normalized spacial score (nSPS) is 19.5. The molecule has 0 amide bonds. The molecule has 116 valence electrons. The highest BCUT2D eigenvalue weighted by Gasteiger charge is 2.27. The van der Waals surface area contributed by atoms with Crippen LogP contribution >= 0.6 is 0 Å². The van der Waals surface area contributed by atoms with Gasteiger partial charge in [-0.3, -0.25) is 10.1 Å². The molecule has 0 aliphatic carbocycles. The summed E-state index contributed by atoms with van der Waals surface area (Å²) >= 11 is 0. The fourth-order valence-electron chi connectivity index (χ4n) is 2.66. The molecule has 1 atom stereocenters. The highest BCUT2D eigenvalue weighted by molar-refractivity contribution is 7.89. The second-order valence-electron chi connectivity index (χ2n) is 5.17. The molecule has 0 unspecified atom stereocenters.